The average Bonchev–Trinajstić information content (AvgIpc) is 2.95. The highest BCUT2D eigenvalue weighted by Gasteiger charge is 2.28. The SMILES string of the molecule is CN=C(NCC1CCS(=O)(=O)C1)N1CCN(c2cccc(Cl)c2)CC1.I. The summed E-state index contributed by atoms with van der Waals surface area (Å²) in [6.45, 7) is 4.21. The third-order valence-electron chi connectivity index (χ3n) is 4.84. The van der Waals surface area contributed by atoms with Gasteiger partial charge in [-0.05, 0) is 30.5 Å². The number of nitrogens with zero attached hydrogens (tertiary/aromatic N) is 3. The third kappa shape index (κ3) is 5.63. The monoisotopic (exact) mass is 512 g/mol. The summed E-state index contributed by atoms with van der Waals surface area (Å²) in [6, 6.07) is 7.93. The van der Waals surface area contributed by atoms with Crippen molar-refractivity contribution in [2.24, 2.45) is 10.9 Å². The van der Waals surface area contributed by atoms with Crippen molar-refractivity contribution in [3.8, 4) is 0 Å². The molecular formula is C17H26ClIN4O2S. The smallest absolute Gasteiger partial charge is 0.193 e. The molecule has 0 saturated carbocycles. The first kappa shape index (κ1) is 21.6. The number of benzene rings is 1. The number of hydrogen-bond acceptors (Lipinski definition) is 4. The summed E-state index contributed by atoms with van der Waals surface area (Å²) >= 11 is 6.08. The number of nitrogens with one attached hydrogen (secondary N) is 1. The first-order valence-corrected chi connectivity index (χ1v) is 10.8. The van der Waals surface area contributed by atoms with Crippen LogP contribution in [-0.4, -0.2) is 70.6 Å². The quantitative estimate of drug-likeness (QED) is 0.382. The molecule has 26 heavy (non-hydrogen) atoms. The van der Waals surface area contributed by atoms with Crippen molar-refractivity contribution in [2.45, 2.75) is 6.42 Å². The zero-order valence-electron chi connectivity index (χ0n) is 14.9. The second kappa shape index (κ2) is 9.45. The minimum Gasteiger partial charge on any atom is -0.368 e. The van der Waals surface area contributed by atoms with Crippen LogP contribution in [0.5, 0.6) is 0 Å². The van der Waals surface area contributed by atoms with Crippen LogP contribution in [0.1, 0.15) is 6.42 Å². The second-order valence-corrected chi connectivity index (χ2v) is 9.32. The van der Waals surface area contributed by atoms with E-state index in [4.69, 9.17) is 11.6 Å². The molecule has 2 aliphatic heterocycles. The number of rotatable bonds is 3. The molecule has 9 heteroatoms. The highest BCUT2D eigenvalue weighted by Crippen LogP contribution is 2.21. The van der Waals surface area contributed by atoms with Gasteiger partial charge in [-0.2, -0.15) is 0 Å². The molecule has 0 radical (unpaired) electrons. The van der Waals surface area contributed by atoms with Crippen LogP contribution in [0.2, 0.25) is 5.02 Å². The van der Waals surface area contributed by atoms with Gasteiger partial charge < -0.3 is 15.1 Å². The van der Waals surface area contributed by atoms with E-state index in [-0.39, 0.29) is 29.9 Å². The van der Waals surface area contributed by atoms with Crippen LogP contribution < -0.4 is 10.2 Å². The average molecular weight is 513 g/mol. The fourth-order valence-corrected chi connectivity index (χ4v) is 5.50. The highest BCUT2D eigenvalue weighted by atomic mass is 127. The maximum atomic E-state index is 11.6. The molecule has 0 spiro atoms. The molecular weight excluding hydrogens is 487 g/mol. The largest absolute Gasteiger partial charge is 0.368 e. The van der Waals surface area contributed by atoms with E-state index in [2.05, 4.69) is 26.2 Å². The predicted molar refractivity (Wildman–Crippen MR) is 119 cm³/mol. The van der Waals surface area contributed by atoms with Gasteiger partial charge in [0.2, 0.25) is 0 Å². The molecule has 0 amide bonds. The van der Waals surface area contributed by atoms with Crippen LogP contribution in [0.15, 0.2) is 29.3 Å². The van der Waals surface area contributed by atoms with Crippen molar-refractivity contribution >= 4 is 57.1 Å². The summed E-state index contributed by atoms with van der Waals surface area (Å²) in [5.74, 6) is 1.65. The molecule has 1 unspecified atom stereocenters. The van der Waals surface area contributed by atoms with Crippen molar-refractivity contribution in [3.05, 3.63) is 29.3 Å². The van der Waals surface area contributed by atoms with Gasteiger partial charge in [-0.15, -0.1) is 24.0 Å². The molecule has 1 N–H and O–H groups in total. The molecule has 2 heterocycles. The predicted octanol–water partition coefficient (Wildman–Crippen LogP) is 2.09. The standard InChI is InChI=1S/C17H25ClN4O2S.HI/c1-19-17(20-12-14-5-10-25(23,24)13-14)22-8-6-21(7-9-22)16-4-2-3-15(18)11-16;/h2-4,11,14H,5-10,12-13H2,1H3,(H,19,20);1H. The number of halogens is 2. The fourth-order valence-electron chi connectivity index (χ4n) is 3.45. The van der Waals surface area contributed by atoms with E-state index >= 15 is 0 Å². The van der Waals surface area contributed by atoms with Crippen molar-refractivity contribution in [1.29, 1.82) is 0 Å². The van der Waals surface area contributed by atoms with Crippen molar-refractivity contribution in [2.75, 3.05) is 56.2 Å². The van der Waals surface area contributed by atoms with Crippen LogP contribution >= 0.6 is 35.6 Å². The van der Waals surface area contributed by atoms with Crippen LogP contribution in [0.3, 0.4) is 0 Å². The lowest BCUT2D eigenvalue weighted by Gasteiger charge is -2.38. The Balaban J connectivity index is 0.00000243. The van der Waals surface area contributed by atoms with Crippen LogP contribution in [0.25, 0.3) is 0 Å². The molecule has 3 rings (SSSR count). The lowest BCUT2D eigenvalue weighted by atomic mass is 10.1. The molecule has 2 aliphatic rings. The summed E-state index contributed by atoms with van der Waals surface area (Å²) < 4.78 is 23.1. The molecule has 1 atom stereocenters. The van der Waals surface area contributed by atoms with Gasteiger partial charge in [0.15, 0.2) is 15.8 Å². The summed E-state index contributed by atoms with van der Waals surface area (Å²) in [5, 5.41) is 4.11. The van der Waals surface area contributed by atoms with E-state index in [1.807, 2.05) is 18.2 Å². The van der Waals surface area contributed by atoms with Crippen LogP contribution in [-0.2, 0) is 9.84 Å². The van der Waals surface area contributed by atoms with Gasteiger partial charge in [0, 0.05) is 50.5 Å². The molecule has 0 aliphatic carbocycles. The van der Waals surface area contributed by atoms with Gasteiger partial charge in [0.05, 0.1) is 11.5 Å². The van der Waals surface area contributed by atoms with Crippen LogP contribution in [0, 0.1) is 5.92 Å². The lowest BCUT2D eigenvalue weighted by molar-refractivity contribution is 0.369. The maximum Gasteiger partial charge on any atom is 0.193 e. The summed E-state index contributed by atoms with van der Waals surface area (Å²) in [6.07, 6.45) is 0.745. The molecule has 1 aromatic rings. The van der Waals surface area contributed by atoms with E-state index in [9.17, 15) is 8.42 Å². The molecule has 6 nitrogen and oxygen atoms in total. The van der Waals surface area contributed by atoms with Crippen molar-refractivity contribution < 1.29 is 8.42 Å². The fraction of sp³-hybridized carbons (Fsp3) is 0.588. The molecule has 2 fully saturated rings. The van der Waals surface area contributed by atoms with Crippen molar-refractivity contribution in [1.82, 2.24) is 10.2 Å². The van der Waals surface area contributed by atoms with Gasteiger partial charge in [-0.1, -0.05) is 17.7 Å². The number of sulfone groups is 1. The zero-order chi connectivity index (χ0) is 17.9. The van der Waals surface area contributed by atoms with Gasteiger partial charge in [-0.25, -0.2) is 8.42 Å². The van der Waals surface area contributed by atoms with E-state index in [0.29, 0.717) is 18.1 Å². The second-order valence-electron chi connectivity index (χ2n) is 6.65. The molecule has 146 valence electrons. The maximum absolute atomic E-state index is 11.6. The molecule has 0 aromatic heterocycles. The minimum atomic E-state index is -2.83. The minimum absolute atomic E-state index is 0. The lowest BCUT2D eigenvalue weighted by Crippen LogP contribution is -2.53. The molecule has 0 bridgehead atoms. The third-order valence-corrected chi connectivity index (χ3v) is 6.91. The number of anilines is 1. The highest BCUT2D eigenvalue weighted by molar-refractivity contribution is 14.0. The van der Waals surface area contributed by atoms with Crippen LogP contribution in [0.4, 0.5) is 5.69 Å². The Bertz CT molecular complexity index is 736. The first-order valence-electron chi connectivity index (χ1n) is 8.63. The van der Waals surface area contributed by atoms with E-state index in [0.717, 1.165) is 49.3 Å². The van der Waals surface area contributed by atoms with E-state index in [1.54, 1.807) is 7.05 Å². The normalized spacial score (nSPS) is 22.8. The Hall–Kier alpha value is -0.740. The Labute approximate surface area is 177 Å². The summed E-state index contributed by atoms with van der Waals surface area (Å²) in [7, 11) is -1.05. The van der Waals surface area contributed by atoms with Gasteiger partial charge >= 0.3 is 0 Å². The molecule has 2 saturated heterocycles. The Morgan fingerprint density at radius 1 is 1.31 bits per heavy atom. The van der Waals surface area contributed by atoms with Crippen molar-refractivity contribution in [3.63, 3.8) is 0 Å². The zero-order valence-corrected chi connectivity index (χ0v) is 18.8. The van der Waals surface area contributed by atoms with Gasteiger partial charge in [-0.3, -0.25) is 4.99 Å². The summed E-state index contributed by atoms with van der Waals surface area (Å²) in [4.78, 5) is 8.91. The Kier molecular flexibility index (Phi) is 7.84. The number of hydrogen-bond donors (Lipinski definition) is 1. The summed E-state index contributed by atoms with van der Waals surface area (Å²) in [5.41, 5.74) is 1.14. The topological polar surface area (TPSA) is 65.0 Å². The number of aliphatic imine (C=N–C) groups is 1. The van der Waals surface area contributed by atoms with Gasteiger partial charge in [0.1, 0.15) is 0 Å². The first-order chi connectivity index (χ1) is 12.0. The Morgan fingerprint density at radius 2 is 2.04 bits per heavy atom. The van der Waals surface area contributed by atoms with Gasteiger partial charge in [0.25, 0.3) is 0 Å². The van der Waals surface area contributed by atoms with E-state index in [1.165, 1.54) is 0 Å². The number of piperazine rings is 1. The molecule has 1 aromatic carbocycles. The Morgan fingerprint density at radius 3 is 2.62 bits per heavy atom. The van der Waals surface area contributed by atoms with E-state index < -0.39 is 9.84 Å². The number of guanidine groups is 1.